The van der Waals surface area contributed by atoms with Gasteiger partial charge >= 0.3 is 6.18 Å². The van der Waals surface area contributed by atoms with Gasteiger partial charge < -0.3 is 26.5 Å². The van der Waals surface area contributed by atoms with Crippen LogP contribution in [-0.4, -0.2) is 28.9 Å². The minimum Gasteiger partial charge on any atom is -0.456 e. The van der Waals surface area contributed by atoms with Crippen molar-refractivity contribution in [2.75, 3.05) is 12.8 Å². The lowest BCUT2D eigenvalue weighted by molar-refractivity contribution is -0.136. The summed E-state index contributed by atoms with van der Waals surface area (Å²) in [4.78, 5) is 22.1. The Morgan fingerprint density at radius 2 is 1.96 bits per heavy atom. The van der Waals surface area contributed by atoms with Crippen molar-refractivity contribution in [3.8, 4) is 11.5 Å². The maximum atomic E-state index is 13.5. The van der Waals surface area contributed by atoms with Crippen molar-refractivity contribution in [3.05, 3.63) is 47.9 Å². The highest BCUT2D eigenvalue weighted by atomic mass is 19.4. The molecule has 0 fully saturated rings. The van der Waals surface area contributed by atoms with Crippen molar-refractivity contribution in [1.82, 2.24) is 15.3 Å². The van der Waals surface area contributed by atoms with E-state index in [-0.39, 0.29) is 34.1 Å². The van der Waals surface area contributed by atoms with Gasteiger partial charge in [-0.05, 0) is 12.1 Å². The number of nitrogen functional groups attached to an aromatic ring is 1. The molecule has 1 aromatic carbocycles. The van der Waals surface area contributed by atoms with E-state index < -0.39 is 17.6 Å². The van der Waals surface area contributed by atoms with Crippen LogP contribution in [0.15, 0.2) is 41.7 Å². The number of H-pyrrole nitrogens is 1. The zero-order valence-electron chi connectivity index (χ0n) is 14.5. The highest BCUT2D eigenvalue weighted by molar-refractivity contribution is 6.04. The van der Waals surface area contributed by atoms with Crippen LogP contribution in [0, 0.1) is 0 Å². The molecule has 0 aliphatic rings. The molecule has 6 N–H and O–H groups in total. The van der Waals surface area contributed by atoms with Gasteiger partial charge in [-0.3, -0.25) is 9.78 Å². The second-order valence-corrected chi connectivity index (χ2v) is 5.72. The molecule has 0 atom stereocenters. The maximum Gasteiger partial charge on any atom is 0.417 e. The van der Waals surface area contributed by atoms with E-state index in [1.54, 1.807) is 0 Å². The van der Waals surface area contributed by atoms with Crippen LogP contribution in [0.4, 0.5) is 18.9 Å². The van der Waals surface area contributed by atoms with Crippen molar-refractivity contribution in [1.29, 1.82) is 0 Å². The molecular formula is C17H15F3N6O2. The lowest BCUT2D eigenvalue weighted by atomic mass is 10.1. The molecule has 2 heterocycles. The first-order valence-corrected chi connectivity index (χ1v) is 7.86. The molecule has 3 rings (SSSR count). The van der Waals surface area contributed by atoms with Crippen LogP contribution in [0.1, 0.15) is 16.1 Å². The van der Waals surface area contributed by atoms with Gasteiger partial charge in [0.05, 0.1) is 29.2 Å². The van der Waals surface area contributed by atoms with Gasteiger partial charge in [-0.25, -0.2) is 0 Å². The minimum atomic E-state index is -4.68. The number of carbonyl (C=O) groups excluding carboxylic acids is 1. The van der Waals surface area contributed by atoms with Crippen molar-refractivity contribution >= 4 is 28.5 Å². The van der Waals surface area contributed by atoms with Gasteiger partial charge in [0.25, 0.3) is 5.91 Å². The number of carbonyl (C=O) groups is 1. The molecule has 0 unspecified atom stereocenters. The number of benzene rings is 1. The molecule has 0 spiro atoms. The van der Waals surface area contributed by atoms with Crippen LogP contribution in [0.2, 0.25) is 0 Å². The lowest BCUT2D eigenvalue weighted by Gasteiger charge is -2.12. The third-order valence-electron chi connectivity index (χ3n) is 3.70. The standard InChI is InChI=1S/C17H15F3N6O2/c1-23-16(22)26-15(27)14-5-11-12(17(18,19)20)3-9(4-13(11)25-14)28-10-2-8(21)6-24-7-10/h2-7,25H,21H2,1H3,(H3,22,23,26,27). The van der Waals surface area contributed by atoms with Crippen LogP contribution in [0.3, 0.4) is 0 Å². The van der Waals surface area contributed by atoms with E-state index in [2.05, 4.69) is 20.3 Å². The lowest BCUT2D eigenvalue weighted by Crippen LogP contribution is -2.28. The number of nitrogens with zero attached hydrogens (tertiary/aromatic N) is 2. The summed E-state index contributed by atoms with van der Waals surface area (Å²) < 4.78 is 46.0. The van der Waals surface area contributed by atoms with Gasteiger partial charge in [0, 0.05) is 24.6 Å². The van der Waals surface area contributed by atoms with E-state index in [0.29, 0.717) is 5.69 Å². The molecule has 0 aliphatic carbocycles. The first-order chi connectivity index (χ1) is 13.2. The predicted molar refractivity (Wildman–Crippen MR) is 97.0 cm³/mol. The molecule has 146 valence electrons. The van der Waals surface area contributed by atoms with Crippen LogP contribution in [-0.2, 0) is 6.18 Å². The maximum absolute atomic E-state index is 13.5. The molecule has 11 heteroatoms. The molecule has 28 heavy (non-hydrogen) atoms. The number of fused-ring (bicyclic) bond motifs is 1. The van der Waals surface area contributed by atoms with Gasteiger partial charge in [0.1, 0.15) is 17.2 Å². The topological polar surface area (TPSA) is 131 Å². The summed E-state index contributed by atoms with van der Waals surface area (Å²) in [5.74, 6) is -0.926. The molecule has 0 saturated heterocycles. The molecule has 0 radical (unpaired) electrons. The first-order valence-electron chi connectivity index (χ1n) is 7.86. The summed E-state index contributed by atoms with van der Waals surface area (Å²) in [5, 5.41) is 2.25. The number of halogens is 3. The van der Waals surface area contributed by atoms with Crippen molar-refractivity contribution in [3.63, 3.8) is 0 Å². The number of amides is 1. The van der Waals surface area contributed by atoms with Gasteiger partial charge in [-0.1, -0.05) is 0 Å². The summed E-state index contributed by atoms with van der Waals surface area (Å²) in [5.41, 5.74) is 10.2. The SMILES string of the molecule is CNC(N)=NC(=O)c1cc2c(C(F)(F)F)cc(Oc3cncc(N)c3)cc2[nH]1. The smallest absolute Gasteiger partial charge is 0.417 e. The number of nitrogens with two attached hydrogens (primary N) is 2. The Morgan fingerprint density at radius 1 is 1.21 bits per heavy atom. The second-order valence-electron chi connectivity index (χ2n) is 5.72. The van der Waals surface area contributed by atoms with E-state index in [1.807, 2.05) is 0 Å². The third kappa shape index (κ3) is 3.98. The number of ether oxygens (including phenoxy) is 1. The summed E-state index contributed by atoms with van der Waals surface area (Å²) in [6, 6.07) is 4.65. The Labute approximate surface area is 156 Å². The van der Waals surface area contributed by atoms with Crippen LogP contribution in [0.5, 0.6) is 11.5 Å². The van der Waals surface area contributed by atoms with Crippen molar-refractivity contribution < 1.29 is 22.7 Å². The van der Waals surface area contributed by atoms with E-state index in [4.69, 9.17) is 16.2 Å². The number of nitrogens with one attached hydrogen (secondary N) is 2. The van der Waals surface area contributed by atoms with Crippen molar-refractivity contribution in [2.24, 2.45) is 10.7 Å². The summed E-state index contributed by atoms with van der Waals surface area (Å²) in [7, 11) is 1.45. The average Bonchev–Trinajstić information content (AvgIpc) is 3.04. The first kappa shape index (κ1) is 19.0. The van der Waals surface area contributed by atoms with Crippen LogP contribution in [0.25, 0.3) is 10.9 Å². The zero-order valence-corrected chi connectivity index (χ0v) is 14.5. The number of aromatic amines is 1. The Bertz CT molecular complexity index is 1070. The van der Waals surface area contributed by atoms with Gasteiger partial charge in [-0.2, -0.15) is 18.2 Å². The fraction of sp³-hybridized carbons (Fsp3) is 0.118. The molecule has 0 bridgehead atoms. The monoisotopic (exact) mass is 392 g/mol. The number of anilines is 1. The van der Waals surface area contributed by atoms with Gasteiger partial charge in [-0.15, -0.1) is 0 Å². The fourth-order valence-electron chi connectivity index (χ4n) is 2.47. The molecule has 0 saturated carbocycles. The zero-order chi connectivity index (χ0) is 20.5. The van der Waals surface area contributed by atoms with E-state index in [9.17, 15) is 18.0 Å². The van der Waals surface area contributed by atoms with E-state index in [0.717, 1.165) is 12.1 Å². The summed E-state index contributed by atoms with van der Waals surface area (Å²) in [6.07, 6.45) is -1.99. The number of rotatable bonds is 3. The molecule has 3 aromatic rings. The molecule has 1 amide bonds. The molecule has 2 aromatic heterocycles. The Hall–Kier alpha value is -3.76. The average molecular weight is 392 g/mol. The number of pyridine rings is 1. The summed E-state index contributed by atoms with van der Waals surface area (Å²) >= 11 is 0. The Morgan fingerprint density at radius 3 is 2.61 bits per heavy atom. The fourth-order valence-corrected chi connectivity index (χ4v) is 2.47. The molecular weight excluding hydrogens is 377 g/mol. The number of guanidine groups is 1. The Balaban J connectivity index is 2.09. The second kappa shape index (κ2) is 7.10. The highest BCUT2D eigenvalue weighted by Gasteiger charge is 2.34. The predicted octanol–water partition coefficient (Wildman–Crippen LogP) is 2.63. The molecule has 8 nitrogen and oxygen atoms in total. The van der Waals surface area contributed by atoms with Gasteiger partial charge in [0.15, 0.2) is 5.96 Å². The van der Waals surface area contributed by atoms with Crippen molar-refractivity contribution in [2.45, 2.75) is 6.18 Å². The van der Waals surface area contributed by atoms with Crippen LogP contribution < -0.4 is 21.5 Å². The number of aliphatic imine (C=N–C) groups is 1. The Kier molecular flexibility index (Phi) is 4.82. The number of hydrogen-bond donors (Lipinski definition) is 4. The van der Waals surface area contributed by atoms with E-state index in [1.165, 1.54) is 31.6 Å². The van der Waals surface area contributed by atoms with Crippen LogP contribution >= 0.6 is 0 Å². The summed E-state index contributed by atoms with van der Waals surface area (Å²) in [6.45, 7) is 0. The molecule has 0 aliphatic heterocycles. The number of hydrogen-bond acceptors (Lipinski definition) is 4. The van der Waals surface area contributed by atoms with Gasteiger partial charge in [0.2, 0.25) is 0 Å². The number of aromatic nitrogens is 2. The minimum absolute atomic E-state index is 0.0447. The number of alkyl halides is 3. The normalized spacial score (nSPS) is 12.2. The van der Waals surface area contributed by atoms with E-state index >= 15 is 0 Å². The quantitative estimate of drug-likeness (QED) is 0.400. The third-order valence-corrected chi connectivity index (χ3v) is 3.70. The largest absolute Gasteiger partial charge is 0.456 e. The highest BCUT2D eigenvalue weighted by Crippen LogP contribution is 2.39.